The number of pyridine rings is 2. The summed E-state index contributed by atoms with van der Waals surface area (Å²) in [5.41, 5.74) is 2.05. The molecule has 0 N–H and O–H groups in total. The minimum atomic E-state index is 0. The van der Waals surface area contributed by atoms with Gasteiger partial charge in [-0.05, 0) is 17.5 Å². The van der Waals surface area contributed by atoms with Gasteiger partial charge in [0.2, 0.25) is 0 Å². The summed E-state index contributed by atoms with van der Waals surface area (Å²) in [6.07, 6.45) is 3.67. The Morgan fingerprint density at radius 2 is 1.00 bits per heavy atom. The standard InChI is InChI=1S/C16H10N2.2CH3.Pt/c1-3-12-7-5-11-6-8-13-4-2-10-18-16(13)14(11)15(12)17-9-1;;;/h1-10H;2*1H3;/q;2*-1;+2. The molecule has 0 saturated heterocycles. The van der Waals surface area contributed by atoms with Crippen LogP contribution in [-0.4, -0.2) is 9.97 Å². The van der Waals surface area contributed by atoms with E-state index in [0.29, 0.717) is 0 Å². The van der Waals surface area contributed by atoms with Gasteiger partial charge in [-0.25, -0.2) is 0 Å². The van der Waals surface area contributed by atoms with E-state index in [2.05, 4.69) is 46.4 Å². The van der Waals surface area contributed by atoms with Crippen LogP contribution in [-0.2, 0) is 21.1 Å². The molecule has 0 aliphatic carbocycles. The second kappa shape index (κ2) is 6.78. The fourth-order valence-corrected chi connectivity index (χ4v) is 2.49. The summed E-state index contributed by atoms with van der Waals surface area (Å²) in [6.45, 7) is 0. The quantitative estimate of drug-likeness (QED) is 0.280. The Morgan fingerprint density at radius 3 is 1.48 bits per heavy atom. The predicted molar refractivity (Wildman–Crippen MR) is 87.4 cm³/mol. The zero-order chi connectivity index (χ0) is 11.9. The largest absolute Gasteiger partial charge is 2.00 e. The van der Waals surface area contributed by atoms with Crippen LogP contribution in [0.2, 0.25) is 0 Å². The number of hydrogen-bond donors (Lipinski definition) is 0. The number of aromatic nitrogens is 2. The first-order chi connectivity index (χ1) is 8.93. The summed E-state index contributed by atoms with van der Waals surface area (Å²) >= 11 is 0. The molecular weight excluding hydrogens is 439 g/mol. The molecule has 4 aromatic rings. The predicted octanol–water partition coefficient (Wildman–Crippen LogP) is 4.83. The van der Waals surface area contributed by atoms with E-state index in [0.717, 1.165) is 27.2 Å². The van der Waals surface area contributed by atoms with Crippen molar-refractivity contribution in [2.24, 2.45) is 0 Å². The molecule has 2 nitrogen and oxygen atoms in total. The number of rotatable bonds is 0. The van der Waals surface area contributed by atoms with Crippen molar-refractivity contribution in [3.63, 3.8) is 0 Å². The molecule has 0 spiro atoms. The molecule has 0 aliphatic heterocycles. The molecule has 0 saturated carbocycles. The molecule has 2 aromatic heterocycles. The van der Waals surface area contributed by atoms with E-state index in [4.69, 9.17) is 0 Å². The van der Waals surface area contributed by atoms with Gasteiger partial charge in [0.15, 0.2) is 0 Å². The Hall–Kier alpha value is -1.79. The average Bonchev–Trinajstić information content (AvgIpc) is 2.46. The maximum absolute atomic E-state index is 4.52. The Morgan fingerprint density at radius 1 is 0.571 bits per heavy atom. The van der Waals surface area contributed by atoms with Gasteiger partial charge in [-0.3, -0.25) is 9.97 Å². The minimum Gasteiger partial charge on any atom is -0.358 e. The Bertz CT molecular complexity index is 817. The second-order valence-corrected chi connectivity index (χ2v) is 4.38. The van der Waals surface area contributed by atoms with Crippen molar-refractivity contribution < 1.29 is 21.1 Å². The molecule has 108 valence electrons. The van der Waals surface area contributed by atoms with Gasteiger partial charge in [-0.2, -0.15) is 0 Å². The van der Waals surface area contributed by atoms with E-state index in [9.17, 15) is 0 Å². The molecule has 0 fully saturated rings. The third-order valence-corrected chi connectivity index (χ3v) is 3.33. The fourth-order valence-electron chi connectivity index (χ4n) is 2.49. The number of fused-ring (bicyclic) bond motifs is 5. The molecule has 4 rings (SSSR count). The van der Waals surface area contributed by atoms with E-state index in [1.807, 2.05) is 24.5 Å². The van der Waals surface area contributed by atoms with Gasteiger partial charge < -0.3 is 14.9 Å². The van der Waals surface area contributed by atoms with Crippen molar-refractivity contribution in [2.45, 2.75) is 0 Å². The number of nitrogens with zero attached hydrogens (tertiary/aromatic N) is 2. The second-order valence-electron chi connectivity index (χ2n) is 4.38. The number of hydrogen-bond acceptors (Lipinski definition) is 2. The van der Waals surface area contributed by atoms with E-state index in [1.54, 1.807) is 0 Å². The van der Waals surface area contributed by atoms with E-state index in [-0.39, 0.29) is 35.9 Å². The molecule has 3 heteroatoms. The summed E-state index contributed by atoms with van der Waals surface area (Å²) < 4.78 is 0. The average molecular weight is 455 g/mol. The molecule has 0 unspecified atom stereocenters. The molecule has 2 heterocycles. The van der Waals surface area contributed by atoms with Crippen LogP contribution in [0.25, 0.3) is 32.6 Å². The molecule has 0 atom stereocenters. The zero-order valence-electron chi connectivity index (χ0n) is 12.0. The first kappa shape index (κ1) is 17.3. The van der Waals surface area contributed by atoms with Crippen molar-refractivity contribution in [3.05, 3.63) is 75.8 Å². The van der Waals surface area contributed by atoms with Crippen LogP contribution < -0.4 is 0 Å². The van der Waals surface area contributed by atoms with Gasteiger partial charge in [0.05, 0.1) is 11.0 Å². The number of benzene rings is 2. The summed E-state index contributed by atoms with van der Waals surface area (Å²) in [4.78, 5) is 9.04. The minimum absolute atomic E-state index is 0. The third kappa shape index (κ3) is 2.69. The van der Waals surface area contributed by atoms with Crippen LogP contribution in [0.1, 0.15) is 0 Å². The Kier molecular flexibility index (Phi) is 5.57. The smallest absolute Gasteiger partial charge is 0.358 e. The van der Waals surface area contributed by atoms with Gasteiger partial charge in [0, 0.05) is 28.6 Å². The molecule has 21 heavy (non-hydrogen) atoms. The normalized spacial score (nSPS) is 9.71. The van der Waals surface area contributed by atoms with Gasteiger partial charge in [0.1, 0.15) is 0 Å². The van der Waals surface area contributed by atoms with E-state index in [1.165, 1.54) is 5.39 Å². The molecule has 0 amide bonds. The molecule has 0 radical (unpaired) electrons. The van der Waals surface area contributed by atoms with Crippen molar-refractivity contribution in [2.75, 3.05) is 0 Å². The first-order valence-electron chi connectivity index (χ1n) is 5.95. The SMILES string of the molecule is [CH3-].[CH3-].[Pt+2].c1cnc2c(c1)ccc1ccc3cccnc3c12. The summed E-state index contributed by atoms with van der Waals surface area (Å²) in [5, 5.41) is 4.64. The molecule has 2 aromatic carbocycles. The molecular formula is C18H16N2Pt. The van der Waals surface area contributed by atoms with Gasteiger partial charge in [-0.15, -0.1) is 0 Å². The first-order valence-corrected chi connectivity index (χ1v) is 5.95. The van der Waals surface area contributed by atoms with Gasteiger partial charge >= 0.3 is 21.1 Å². The van der Waals surface area contributed by atoms with E-state index < -0.39 is 0 Å². The maximum Gasteiger partial charge on any atom is 2.00 e. The summed E-state index contributed by atoms with van der Waals surface area (Å²) in [7, 11) is 0. The Balaban J connectivity index is 0.000000735. The van der Waals surface area contributed by atoms with Crippen LogP contribution in [0.3, 0.4) is 0 Å². The van der Waals surface area contributed by atoms with Crippen LogP contribution in [0, 0.1) is 14.9 Å². The van der Waals surface area contributed by atoms with Crippen LogP contribution >= 0.6 is 0 Å². The summed E-state index contributed by atoms with van der Waals surface area (Å²) in [5.74, 6) is 0. The fraction of sp³-hybridized carbons (Fsp3) is 0. The van der Waals surface area contributed by atoms with Gasteiger partial charge in [0.25, 0.3) is 0 Å². The van der Waals surface area contributed by atoms with Crippen molar-refractivity contribution in [1.29, 1.82) is 0 Å². The van der Waals surface area contributed by atoms with Crippen LogP contribution in [0.15, 0.2) is 60.9 Å². The van der Waals surface area contributed by atoms with Crippen LogP contribution in [0.5, 0.6) is 0 Å². The topological polar surface area (TPSA) is 25.8 Å². The zero-order valence-corrected chi connectivity index (χ0v) is 14.3. The molecule has 0 bridgehead atoms. The molecule has 0 aliphatic rings. The van der Waals surface area contributed by atoms with Crippen LogP contribution in [0.4, 0.5) is 0 Å². The third-order valence-electron chi connectivity index (χ3n) is 3.33. The van der Waals surface area contributed by atoms with Crippen molar-refractivity contribution in [3.8, 4) is 0 Å². The van der Waals surface area contributed by atoms with E-state index >= 15 is 0 Å². The monoisotopic (exact) mass is 455 g/mol. The maximum atomic E-state index is 4.52. The Labute approximate surface area is 139 Å². The summed E-state index contributed by atoms with van der Waals surface area (Å²) in [6, 6.07) is 16.6. The van der Waals surface area contributed by atoms with Crippen molar-refractivity contribution in [1.82, 2.24) is 9.97 Å². The van der Waals surface area contributed by atoms with Gasteiger partial charge in [-0.1, -0.05) is 36.4 Å². The van der Waals surface area contributed by atoms with Crippen molar-refractivity contribution >= 4 is 32.6 Å².